The highest BCUT2D eigenvalue weighted by Crippen LogP contribution is 2.33. The Morgan fingerprint density at radius 1 is 0.667 bits per heavy atom. The smallest absolute Gasteiger partial charge is 0.147 e. The fourth-order valence-electron chi connectivity index (χ4n) is 3.40. The molecule has 0 amide bonds. The third-order valence-electron chi connectivity index (χ3n) is 4.50. The highest BCUT2D eigenvalue weighted by molar-refractivity contribution is 9.10. The molecule has 2 aromatic heterocycles. The Balaban J connectivity index is 1.98. The molecule has 0 spiro atoms. The summed E-state index contributed by atoms with van der Waals surface area (Å²) in [4.78, 5) is 4.84. The molecule has 0 aliphatic rings. The molecule has 24 heavy (non-hydrogen) atoms. The molecule has 5 rings (SSSR count). The number of hydrogen-bond acceptors (Lipinski definition) is 1. The Hall–Kier alpha value is -2.65. The normalized spacial score (nSPS) is 11.5. The third-order valence-corrected chi connectivity index (χ3v) is 5.08. The maximum Gasteiger partial charge on any atom is 0.147 e. The second kappa shape index (κ2) is 5.18. The van der Waals surface area contributed by atoms with Crippen LogP contribution in [0.3, 0.4) is 0 Å². The van der Waals surface area contributed by atoms with Gasteiger partial charge in [0, 0.05) is 5.56 Å². The van der Waals surface area contributed by atoms with E-state index in [1.165, 1.54) is 16.2 Å². The van der Waals surface area contributed by atoms with Crippen molar-refractivity contribution >= 4 is 43.1 Å². The molecule has 0 N–H and O–H groups in total. The molecule has 0 saturated carbocycles. The first-order chi connectivity index (χ1) is 11.8. The van der Waals surface area contributed by atoms with Crippen molar-refractivity contribution in [2.45, 2.75) is 0 Å². The summed E-state index contributed by atoms with van der Waals surface area (Å²) in [5, 5.41) is 3.65. The van der Waals surface area contributed by atoms with Crippen molar-refractivity contribution in [3.05, 3.63) is 83.5 Å². The van der Waals surface area contributed by atoms with Crippen molar-refractivity contribution in [2.75, 3.05) is 0 Å². The highest BCUT2D eigenvalue weighted by atomic mass is 79.9. The van der Waals surface area contributed by atoms with Gasteiger partial charge in [0.1, 0.15) is 10.4 Å². The topological polar surface area (TPSA) is 17.3 Å². The van der Waals surface area contributed by atoms with Crippen molar-refractivity contribution in [3.63, 3.8) is 0 Å². The zero-order valence-electron chi connectivity index (χ0n) is 12.8. The van der Waals surface area contributed by atoms with Crippen LogP contribution in [0.4, 0.5) is 0 Å². The number of benzene rings is 3. The maximum atomic E-state index is 4.84. The number of para-hydroxylation sites is 1. The molecule has 0 atom stereocenters. The lowest BCUT2D eigenvalue weighted by Crippen LogP contribution is -1.92. The van der Waals surface area contributed by atoms with Crippen LogP contribution in [0.15, 0.2) is 83.5 Å². The minimum atomic E-state index is 0.871. The van der Waals surface area contributed by atoms with E-state index < -0.39 is 0 Å². The predicted molar refractivity (Wildman–Crippen MR) is 103 cm³/mol. The molecule has 0 unspecified atom stereocenters. The van der Waals surface area contributed by atoms with Gasteiger partial charge in [0.05, 0.1) is 11.0 Å². The summed E-state index contributed by atoms with van der Waals surface area (Å²) in [6, 6.07) is 27.5. The highest BCUT2D eigenvalue weighted by Gasteiger charge is 2.15. The number of rotatable bonds is 1. The van der Waals surface area contributed by atoms with Crippen LogP contribution in [0, 0.1) is 0 Å². The maximum absolute atomic E-state index is 4.84. The standard InChI is InChI=1S/C21H13BrN2/c22-20-19-13-12-15-7-2-4-11-18(15)24(19)21(23-20)17-10-5-8-14-6-1-3-9-16(14)17/h1-13H. The molecule has 0 aliphatic carbocycles. The van der Waals surface area contributed by atoms with E-state index in [4.69, 9.17) is 4.98 Å². The summed E-state index contributed by atoms with van der Waals surface area (Å²) in [5.41, 5.74) is 3.39. The van der Waals surface area contributed by atoms with Gasteiger partial charge >= 0.3 is 0 Å². The van der Waals surface area contributed by atoms with Gasteiger partial charge in [-0.15, -0.1) is 0 Å². The van der Waals surface area contributed by atoms with E-state index in [1.807, 2.05) is 0 Å². The van der Waals surface area contributed by atoms with Gasteiger partial charge < -0.3 is 0 Å². The van der Waals surface area contributed by atoms with Gasteiger partial charge in [-0.05, 0) is 44.2 Å². The molecular formula is C21H13BrN2. The number of hydrogen-bond donors (Lipinski definition) is 0. The molecule has 0 aliphatic heterocycles. The van der Waals surface area contributed by atoms with E-state index in [0.717, 1.165) is 27.0 Å². The van der Waals surface area contributed by atoms with Gasteiger partial charge in [0.2, 0.25) is 0 Å². The Labute approximate surface area is 147 Å². The van der Waals surface area contributed by atoms with Gasteiger partial charge in [0.15, 0.2) is 0 Å². The minimum absolute atomic E-state index is 0.871. The molecule has 3 heteroatoms. The second-order valence-corrected chi connectivity index (χ2v) is 6.62. The van der Waals surface area contributed by atoms with Crippen LogP contribution >= 0.6 is 15.9 Å². The first-order valence-electron chi connectivity index (χ1n) is 7.87. The van der Waals surface area contributed by atoms with E-state index >= 15 is 0 Å². The van der Waals surface area contributed by atoms with Crippen LogP contribution in [0.25, 0.3) is 38.6 Å². The lowest BCUT2D eigenvalue weighted by Gasteiger charge is -2.08. The van der Waals surface area contributed by atoms with Crippen LogP contribution < -0.4 is 0 Å². The Bertz CT molecular complexity index is 1220. The lowest BCUT2D eigenvalue weighted by atomic mass is 10.0. The predicted octanol–water partition coefficient (Wildman–Crippen LogP) is 6.07. The van der Waals surface area contributed by atoms with E-state index in [9.17, 15) is 0 Å². The fraction of sp³-hybridized carbons (Fsp3) is 0. The molecule has 0 radical (unpaired) electrons. The van der Waals surface area contributed by atoms with Crippen LogP contribution in [-0.2, 0) is 0 Å². The van der Waals surface area contributed by atoms with E-state index in [1.54, 1.807) is 0 Å². The first-order valence-corrected chi connectivity index (χ1v) is 8.66. The molecule has 114 valence electrons. The van der Waals surface area contributed by atoms with Crippen molar-refractivity contribution < 1.29 is 0 Å². The molecule has 0 bridgehead atoms. The van der Waals surface area contributed by atoms with Gasteiger partial charge in [-0.1, -0.05) is 66.7 Å². The van der Waals surface area contributed by atoms with Crippen LogP contribution in [0.1, 0.15) is 0 Å². The number of halogens is 1. The molecule has 0 fully saturated rings. The van der Waals surface area contributed by atoms with Gasteiger partial charge in [-0.2, -0.15) is 0 Å². The number of nitrogens with zero attached hydrogens (tertiary/aromatic N) is 2. The molecule has 0 saturated heterocycles. The van der Waals surface area contributed by atoms with Crippen LogP contribution in [0.5, 0.6) is 0 Å². The SMILES string of the molecule is Brc1nc(-c2cccc3ccccc23)n2c1ccc1ccccc12. The van der Waals surface area contributed by atoms with Gasteiger partial charge in [-0.3, -0.25) is 4.40 Å². The molecule has 3 aromatic carbocycles. The van der Waals surface area contributed by atoms with Crippen molar-refractivity contribution in [1.29, 1.82) is 0 Å². The summed E-state index contributed by atoms with van der Waals surface area (Å²) in [6.07, 6.45) is 0. The van der Waals surface area contributed by atoms with Crippen molar-refractivity contribution in [3.8, 4) is 11.4 Å². The van der Waals surface area contributed by atoms with E-state index in [0.29, 0.717) is 0 Å². The largest absolute Gasteiger partial charge is 0.291 e. The Morgan fingerprint density at radius 3 is 2.33 bits per heavy atom. The number of fused-ring (bicyclic) bond motifs is 4. The van der Waals surface area contributed by atoms with E-state index in [2.05, 4.69) is 99.2 Å². The zero-order valence-corrected chi connectivity index (χ0v) is 14.4. The number of aromatic nitrogens is 2. The molecule has 2 nitrogen and oxygen atoms in total. The lowest BCUT2D eigenvalue weighted by molar-refractivity contribution is 1.22. The molecule has 2 heterocycles. The quantitative estimate of drug-likeness (QED) is 0.349. The molecule has 5 aromatic rings. The Morgan fingerprint density at radius 2 is 1.42 bits per heavy atom. The average Bonchev–Trinajstić information content (AvgIpc) is 2.98. The second-order valence-electron chi connectivity index (χ2n) is 5.87. The van der Waals surface area contributed by atoms with E-state index in [-0.39, 0.29) is 0 Å². The summed E-state index contributed by atoms with van der Waals surface area (Å²) >= 11 is 3.63. The van der Waals surface area contributed by atoms with Gasteiger partial charge in [-0.25, -0.2) is 4.98 Å². The summed E-state index contributed by atoms with van der Waals surface area (Å²) in [6.45, 7) is 0. The minimum Gasteiger partial charge on any atom is -0.291 e. The average molecular weight is 373 g/mol. The third kappa shape index (κ3) is 1.91. The monoisotopic (exact) mass is 372 g/mol. The molecular weight excluding hydrogens is 360 g/mol. The number of imidazole rings is 1. The zero-order chi connectivity index (χ0) is 16.1. The first kappa shape index (κ1) is 13.8. The Kier molecular flexibility index (Phi) is 2.97. The fourth-order valence-corrected chi connectivity index (χ4v) is 3.87. The van der Waals surface area contributed by atoms with Crippen molar-refractivity contribution in [2.24, 2.45) is 0 Å². The van der Waals surface area contributed by atoms with Crippen LogP contribution in [-0.4, -0.2) is 9.38 Å². The summed E-state index contributed by atoms with van der Waals surface area (Å²) in [7, 11) is 0. The summed E-state index contributed by atoms with van der Waals surface area (Å²) in [5.74, 6) is 0.963. The summed E-state index contributed by atoms with van der Waals surface area (Å²) < 4.78 is 3.11. The van der Waals surface area contributed by atoms with Crippen LogP contribution in [0.2, 0.25) is 0 Å². The number of pyridine rings is 1. The van der Waals surface area contributed by atoms with Crippen molar-refractivity contribution in [1.82, 2.24) is 9.38 Å². The van der Waals surface area contributed by atoms with Gasteiger partial charge in [0.25, 0.3) is 0 Å².